The van der Waals surface area contributed by atoms with Crippen LogP contribution < -0.4 is 5.32 Å². The highest BCUT2D eigenvalue weighted by Gasteiger charge is 2.15. The lowest BCUT2D eigenvalue weighted by atomic mass is 9.99. The van der Waals surface area contributed by atoms with Crippen LogP contribution in [0.5, 0.6) is 0 Å². The minimum Gasteiger partial charge on any atom is -0.316 e. The van der Waals surface area contributed by atoms with Crippen molar-refractivity contribution in [3.8, 4) is 0 Å². The minimum atomic E-state index is 0.831. The largest absolute Gasteiger partial charge is 0.316 e. The van der Waals surface area contributed by atoms with Crippen LogP contribution in [0, 0.1) is 12.8 Å². The second-order valence-electron chi connectivity index (χ2n) is 5.34. The molecule has 0 spiro atoms. The third-order valence-corrected chi connectivity index (χ3v) is 3.67. The zero-order chi connectivity index (χ0) is 12.1. The Hall–Kier alpha value is -0.860. The van der Waals surface area contributed by atoms with Crippen molar-refractivity contribution < 1.29 is 0 Å². The highest BCUT2D eigenvalue weighted by molar-refractivity contribution is 5.25. The van der Waals surface area contributed by atoms with Crippen LogP contribution >= 0.6 is 0 Å². The van der Waals surface area contributed by atoms with Gasteiger partial charge in [0.25, 0.3) is 0 Å². The summed E-state index contributed by atoms with van der Waals surface area (Å²) < 4.78 is 0. The van der Waals surface area contributed by atoms with E-state index in [1.807, 2.05) is 0 Å². The van der Waals surface area contributed by atoms with Crippen LogP contribution in [-0.4, -0.2) is 31.6 Å². The molecular weight excluding hydrogens is 208 g/mol. The van der Waals surface area contributed by atoms with Gasteiger partial charge >= 0.3 is 0 Å². The molecule has 1 heterocycles. The van der Waals surface area contributed by atoms with Gasteiger partial charge in [0.05, 0.1) is 0 Å². The molecule has 1 N–H and O–H groups in total. The van der Waals surface area contributed by atoms with Gasteiger partial charge in [-0.15, -0.1) is 0 Å². The van der Waals surface area contributed by atoms with Crippen LogP contribution in [0.4, 0.5) is 0 Å². The van der Waals surface area contributed by atoms with Crippen LogP contribution in [0.2, 0.25) is 0 Å². The lowest BCUT2D eigenvalue weighted by Crippen LogP contribution is -2.36. The highest BCUT2D eigenvalue weighted by atomic mass is 15.1. The number of hydrogen-bond acceptors (Lipinski definition) is 2. The minimum absolute atomic E-state index is 0.831. The van der Waals surface area contributed by atoms with Crippen molar-refractivity contribution in [2.45, 2.75) is 26.3 Å². The quantitative estimate of drug-likeness (QED) is 0.857. The number of benzene rings is 1. The summed E-state index contributed by atoms with van der Waals surface area (Å²) in [6.07, 6.45) is 2.72. The van der Waals surface area contributed by atoms with Gasteiger partial charge < -0.3 is 10.2 Å². The van der Waals surface area contributed by atoms with E-state index >= 15 is 0 Å². The fourth-order valence-corrected chi connectivity index (χ4v) is 2.66. The Morgan fingerprint density at radius 1 is 1.35 bits per heavy atom. The Balaban J connectivity index is 1.84. The van der Waals surface area contributed by atoms with Gasteiger partial charge in [-0.05, 0) is 56.9 Å². The van der Waals surface area contributed by atoms with Gasteiger partial charge in [0.1, 0.15) is 0 Å². The molecule has 0 aliphatic carbocycles. The second-order valence-corrected chi connectivity index (χ2v) is 5.34. The molecule has 1 atom stereocenters. The Labute approximate surface area is 105 Å². The van der Waals surface area contributed by atoms with Crippen molar-refractivity contribution in [2.75, 3.05) is 26.7 Å². The molecule has 1 saturated heterocycles. The first-order valence-corrected chi connectivity index (χ1v) is 6.69. The SMILES string of the molecule is Cc1ccccc1CN(C)CC1CCCNC1. The molecule has 1 aliphatic heterocycles. The van der Waals surface area contributed by atoms with Gasteiger partial charge in [0, 0.05) is 13.1 Å². The fourth-order valence-electron chi connectivity index (χ4n) is 2.66. The zero-order valence-electron chi connectivity index (χ0n) is 11.1. The summed E-state index contributed by atoms with van der Waals surface area (Å²) in [5.41, 5.74) is 2.86. The van der Waals surface area contributed by atoms with Crippen molar-refractivity contribution in [3.63, 3.8) is 0 Å². The molecule has 0 bridgehead atoms. The van der Waals surface area contributed by atoms with E-state index in [0.29, 0.717) is 0 Å². The Morgan fingerprint density at radius 3 is 2.88 bits per heavy atom. The van der Waals surface area contributed by atoms with Crippen molar-refractivity contribution in [1.82, 2.24) is 10.2 Å². The monoisotopic (exact) mass is 232 g/mol. The Bertz CT molecular complexity index is 343. The molecule has 0 amide bonds. The maximum absolute atomic E-state index is 3.49. The number of hydrogen-bond donors (Lipinski definition) is 1. The van der Waals surface area contributed by atoms with Crippen LogP contribution in [0.15, 0.2) is 24.3 Å². The van der Waals surface area contributed by atoms with Gasteiger partial charge in [0.15, 0.2) is 0 Å². The lowest BCUT2D eigenvalue weighted by Gasteiger charge is -2.28. The molecule has 0 aromatic heterocycles. The smallest absolute Gasteiger partial charge is 0.0233 e. The predicted molar refractivity (Wildman–Crippen MR) is 73.1 cm³/mol. The molecule has 17 heavy (non-hydrogen) atoms. The summed E-state index contributed by atoms with van der Waals surface area (Å²) in [5, 5.41) is 3.49. The number of rotatable bonds is 4. The van der Waals surface area contributed by atoms with E-state index in [4.69, 9.17) is 0 Å². The average molecular weight is 232 g/mol. The third-order valence-electron chi connectivity index (χ3n) is 3.67. The molecule has 1 aromatic carbocycles. The highest BCUT2D eigenvalue weighted by Crippen LogP contribution is 2.14. The first kappa shape index (κ1) is 12.6. The summed E-state index contributed by atoms with van der Waals surface area (Å²) in [5.74, 6) is 0.831. The van der Waals surface area contributed by atoms with Crippen LogP contribution in [-0.2, 0) is 6.54 Å². The first-order valence-electron chi connectivity index (χ1n) is 6.69. The molecule has 1 fully saturated rings. The van der Waals surface area contributed by atoms with E-state index in [9.17, 15) is 0 Å². The van der Waals surface area contributed by atoms with Crippen LogP contribution in [0.1, 0.15) is 24.0 Å². The topological polar surface area (TPSA) is 15.3 Å². The molecule has 2 heteroatoms. The van der Waals surface area contributed by atoms with Crippen molar-refractivity contribution >= 4 is 0 Å². The van der Waals surface area contributed by atoms with Gasteiger partial charge in [-0.3, -0.25) is 0 Å². The first-order chi connectivity index (χ1) is 8.25. The molecule has 1 aliphatic rings. The van der Waals surface area contributed by atoms with E-state index < -0.39 is 0 Å². The number of aryl methyl sites for hydroxylation is 1. The van der Waals surface area contributed by atoms with Crippen molar-refractivity contribution in [3.05, 3.63) is 35.4 Å². The third kappa shape index (κ3) is 3.83. The molecule has 2 nitrogen and oxygen atoms in total. The molecular formula is C15H24N2. The van der Waals surface area contributed by atoms with Gasteiger partial charge in [-0.1, -0.05) is 24.3 Å². The second kappa shape index (κ2) is 6.18. The number of nitrogens with zero attached hydrogens (tertiary/aromatic N) is 1. The standard InChI is InChI=1S/C15H24N2/c1-13-6-3-4-8-15(13)12-17(2)11-14-7-5-9-16-10-14/h3-4,6,8,14,16H,5,7,9-12H2,1-2H3. The van der Waals surface area contributed by atoms with Gasteiger partial charge in [-0.2, -0.15) is 0 Å². The molecule has 2 rings (SSSR count). The van der Waals surface area contributed by atoms with E-state index in [-0.39, 0.29) is 0 Å². The zero-order valence-corrected chi connectivity index (χ0v) is 11.1. The predicted octanol–water partition coefficient (Wildman–Crippen LogP) is 2.43. The summed E-state index contributed by atoms with van der Waals surface area (Å²) in [7, 11) is 2.24. The van der Waals surface area contributed by atoms with Crippen LogP contribution in [0.3, 0.4) is 0 Å². The average Bonchev–Trinajstić information content (AvgIpc) is 2.33. The normalized spacial score (nSPS) is 20.8. The Kier molecular flexibility index (Phi) is 4.57. The fraction of sp³-hybridized carbons (Fsp3) is 0.600. The number of piperidine rings is 1. The molecule has 0 radical (unpaired) electrons. The van der Waals surface area contributed by atoms with E-state index in [2.05, 4.69) is 48.5 Å². The summed E-state index contributed by atoms with van der Waals surface area (Å²) in [4.78, 5) is 2.46. The van der Waals surface area contributed by atoms with Crippen LogP contribution in [0.25, 0.3) is 0 Å². The van der Waals surface area contributed by atoms with E-state index in [1.54, 1.807) is 0 Å². The summed E-state index contributed by atoms with van der Waals surface area (Å²) in [6.45, 7) is 6.88. The molecule has 1 aromatic rings. The maximum Gasteiger partial charge on any atom is 0.0233 e. The maximum atomic E-state index is 3.49. The molecule has 0 saturated carbocycles. The number of nitrogens with one attached hydrogen (secondary N) is 1. The van der Waals surface area contributed by atoms with Crippen molar-refractivity contribution in [1.29, 1.82) is 0 Å². The summed E-state index contributed by atoms with van der Waals surface area (Å²) in [6, 6.07) is 8.69. The molecule has 1 unspecified atom stereocenters. The Morgan fingerprint density at radius 2 is 2.18 bits per heavy atom. The molecule has 94 valence electrons. The van der Waals surface area contributed by atoms with E-state index in [0.717, 1.165) is 12.5 Å². The van der Waals surface area contributed by atoms with Gasteiger partial charge in [0.2, 0.25) is 0 Å². The van der Waals surface area contributed by atoms with Crippen molar-refractivity contribution in [2.24, 2.45) is 5.92 Å². The van der Waals surface area contributed by atoms with Gasteiger partial charge in [-0.25, -0.2) is 0 Å². The van der Waals surface area contributed by atoms with E-state index in [1.165, 1.54) is 43.6 Å². The summed E-state index contributed by atoms with van der Waals surface area (Å²) >= 11 is 0. The lowest BCUT2D eigenvalue weighted by molar-refractivity contribution is 0.237.